The monoisotopic (exact) mass is 313 g/mol. The molecule has 1 aromatic carbocycles. The average molecular weight is 314 g/mol. The fraction of sp³-hybridized carbons (Fsp3) is 0.300. The third-order valence-electron chi connectivity index (χ3n) is 2.09. The van der Waals surface area contributed by atoms with Crippen LogP contribution in [0.2, 0.25) is 0 Å². The SMILES string of the molecule is Cc1c(Br)cccc1NC(=O)C(F)(F)C(F)F. The third kappa shape index (κ3) is 2.96. The summed E-state index contributed by atoms with van der Waals surface area (Å²) >= 11 is 3.13. The van der Waals surface area contributed by atoms with Gasteiger partial charge in [-0.15, -0.1) is 0 Å². The maximum Gasteiger partial charge on any atom is 0.383 e. The first-order valence-corrected chi connectivity index (χ1v) is 5.28. The van der Waals surface area contributed by atoms with Crippen molar-refractivity contribution in [3.05, 3.63) is 28.2 Å². The Bertz CT molecular complexity index is 436. The minimum Gasteiger partial charge on any atom is -0.320 e. The zero-order chi connectivity index (χ0) is 13.2. The molecular formula is C10H8BrF4NO. The molecule has 0 aromatic heterocycles. The topological polar surface area (TPSA) is 29.1 Å². The van der Waals surface area contributed by atoms with Crippen LogP contribution in [0.25, 0.3) is 0 Å². The number of carbonyl (C=O) groups is 1. The minimum absolute atomic E-state index is 0.0599. The number of nitrogens with one attached hydrogen (secondary N) is 1. The second-order valence-electron chi connectivity index (χ2n) is 3.29. The number of anilines is 1. The predicted molar refractivity (Wildman–Crippen MR) is 58.5 cm³/mol. The summed E-state index contributed by atoms with van der Waals surface area (Å²) in [6, 6.07) is 4.48. The van der Waals surface area contributed by atoms with Crippen LogP contribution in [0, 0.1) is 6.92 Å². The average Bonchev–Trinajstić information content (AvgIpc) is 2.24. The lowest BCUT2D eigenvalue weighted by atomic mass is 10.2. The summed E-state index contributed by atoms with van der Waals surface area (Å²) in [7, 11) is 0. The van der Waals surface area contributed by atoms with Crippen LogP contribution in [-0.4, -0.2) is 18.3 Å². The predicted octanol–water partition coefficient (Wildman–Crippen LogP) is 3.60. The van der Waals surface area contributed by atoms with E-state index in [1.165, 1.54) is 12.1 Å². The molecule has 1 amide bonds. The number of hydrogen-bond donors (Lipinski definition) is 1. The smallest absolute Gasteiger partial charge is 0.320 e. The number of halogens is 5. The molecule has 17 heavy (non-hydrogen) atoms. The number of amides is 1. The van der Waals surface area contributed by atoms with Gasteiger partial charge in [0.25, 0.3) is 0 Å². The second-order valence-corrected chi connectivity index (χ2v) is 4.14. The molecule has 1 aromatic rings. The van der Waals surface area contributed by atoms with Crippen LogP contribution in [-0.2, 0) is 4.79 Å². The first-order valence-electron chi connectivity index (χ1n) is 4.49. The summed E-state index contributed by atoms with van der Waals surface area (Å²) in [5.74, 6) is -6.72. The van der Waals surface area contributed by atoms with Crippen LogP contribution in [0.4, 0.5) is 23.2 Å². The minimum atomic E-state index is -4.70. The van der Waals surface area contributed by atoms with Gasteiger partial charge in [0.2, 0.25) is 0 Å². The van der Waals surface area contributed by atoms with Crippen molar-refractivity contribution in [3.63, 3.8) is 0 Å². The van der Waals surface area contributed by atoms with E-state index in [0.717, 1.165) is 0 Å². The molecule has 0 heterocycles. The van der Waals surface area contributed by atoms with E-state index < -0.39 is 18.3 Å². The molecule has 2 nitrogen and oxygen atoms in total. The number of benzene rings is 1. The van der Waals surface area contributed by atoms with E-state index in [-0.39, 0.29) is 5.69 Å². The molecule has 0 spiro atoms. The highest BCUT2D eigenvalue weighted by Gasteiger charge is 2.49. The summed E-state index contributed by atoms with van der Waals surface area (Å²) in [6.45, 7) is 1.56. The molecule has 0 aliphatic rings. The maximum absolute atomic E-state index is 12.7. The van der Waals surface area contributed by atoms with Gasteiger partial charge in [0.15, 0.2) is 0 Å². The Balaban J connectivity index is 2.93. The molecule has 0 fully saturated rings. The van der Waals surface area contributed by atoms with E-state index >= 15 is 0 Å². The second kappa shape index (κ2) is 5.03. The number of carbonyl (C=O) groups excluding carboxylic acids is 1. The standard InChI is InChI=1S/C10H8BrF4NO/c1-5-6(11)3-2-4-7(5)16-9(17)10(14,15)8(12)13/h2-4,8H,1H3,(H,16,17). The van der Waals surface area contributed by atoms with Crippen LogP contribution < -0.4 is 5.32 Å². The number of alkyl halides is 4. The van der Waals surface area contributed by atoms with Crippen LogP contribution in [0.5, 0.6) is 0 Å². The van der Waals surface area contributed by atoms with E-state index in [9.17, 15) is 22.4 Å². The van der Waals surface area contributed by atoms with Crippen molar-refractivity contribution in [2.45, 2.75) is 19.3 Å². The number of rotatable bonds is 3. The van der Waals surface area contributed by atoms with Gasteiger partial charge in [0.05, 0.1) is 0 Å². The Hall–Kier alpha value is -1.11. The molecule has 0 unspecified atom stereocenters. The Morgan fingerprint density at radius 1 is 1.41 bits per heavy atom. The summed E-state index contributed by atoms with van der Waals surface area (Å²) in [4.78, 5) is 11.0. The molecule has 1 N–H and O–H groups in total. The molecule has 1 rings (SSSR count). The van der Waals surface area contributed by atoms with Crippen molar-refractivity contribution in [3.8, 4) is 0 Å². The Morgan fingerprint density at radius 3 is 2.53 bits per heavy atom. The normalized spacial score (nSPS) is 11.7. The van der Waals surface area contributed by atoms with Gasteiger partial charge in [0, 0.05) is 10.2 Å². The van der Waals surface area contributed by atoms with Crippen molar-refractivity contribution in [2.24, 2.45) is 0 Å². The number of hydrogen-bond acceptors (Lipinski definition) is 1. The molecule has 0 aliphatic heterocycles. The molecule has 7 heteroatoms. The van der Waals surface area contributed by atoms with Crippen LogP contribution in [0.3, 0.4) is 0 Å². The van der Waals surface area contributed by atoms with Crippen molar-refractivity contribution in [1.29, 1.82) is 0 Å². The summed E-state index contributed by atoms with van der Waals surface area (Å²) in [6.07, 6.45) is -4.03. The quantitative estimate of drug-likeness (QED) is 0.849. The van der Waals surface area contributed by atoms with E-state index in [0.29, 0.717) is 10.0 Å². The molecule has 94 valence electrons. The van der Waals surface area contributed by atoms with Crippen LogP contribution in [0.15, 0.2) is 22.7 Å². The lowest BCUT2D eigenvalue weighted by Crippen LogP contribution is -2.41. The Morgan fingerprint density at radius 2 is 2.00 bits per heavy atom. The zero-order valence-corrected chi connectivity index (χ0v) is 10.2. The van der Waals surface area contributed by atoms with E-state index in [1.807, 2.05) is 0 Å². The van der Waals surface area contributed by atoms with E-state index in [1.54, 1.807) is 18.3 Å². The van der Waals surface area contributed by atoms with Crippen molar-refractivity contribution < 1.29 is 22.4 Å². The van der Waals surface area contributed by atoms with Crippen molar-refractivity contribution >= 4 is 27.5 Å². The van der Waals surface area contributed by atoms with Crippen molar-refractivity contribution in [1.82, 2.24) is 0 Å². The first-order chi connectivity index (χ1) is 7.76. The molecule has 0 atom stereocenters. The lowest BCUT2D eigenvalue weighted by molar-refractivity contribution is -0.163. The van der Waals surface area contributed by atoms with Crippen molar-refractivity contribution in [2.75, 3.05) is 5.32 Å². The van der Waals surface area contributed by atoms with Crippen LogP contribution >= 0.6 is 15.9 Å². The molecule has 0 aliphatic carbocycles. The maximum atomic E-state index is 12.7. The molecular weight excluding hydrogens is 306 g/mol. The summed E-state index contributed by atoms with van der Waals surface area (Å²) < 4.78 is 49.8. The Labute approximate surface area is 103 Å². The van der Waals surface area contributed by atoms with Gasteiger partial charge in [-0.3, -0.25) is 4.79 Å². The van der Waals surface area contributed by atoms with E-state index in [4.69, 9.17) is 0 Å². The molecule has 0 bridgehead atoms. The highest BCUT2D eigenvalue weighted by Crippen LogP contribution is 2.28. The fourth-order valence-corrected chi connectivity index (χ4v) is 1.41. The highest BCUT2D eigenvalue weighted by molar-refractivity contribution is 9.10. The van der Waals surface area contributed by atoms with Gasteiger partial charge in [0.1, 0.15) is 0 Å². The fourth-order valence-electron chi connectivity index (χ4n) is 1.05. The van der Waals surface area contributed by atoms with Gasteiger partial charge in [-0.1, -0.05) is 22.0 Å². The van der Waals surface area contributed by atoms with Gasteiger partial charge >= 0.3 is 18.3 Å². The zero-order valence-electron chi connectivity index (χ0n) is 8.61. The lowest BCUT2D eigenvalue weighted by Gasteiger charge is -2.16. The van der Waals surface area contributed by atoms with Gasteiger partial charge in [-0.2, -0.15) is 8.78 Å². The van der Waals surface area contributed by atoms with Crippen LogP contribution in [0.1, 0.15) is 5.56 Å². The van der Waals surface area contributed by atoms with Gasteiger partial charge in [-0.25, -0.2) is 8.78 Å². The molecule has 0 saturated carbocycles. The summed E-state index contributed by atoms with van der Waals surface area (Å²) in [5, 5.41) is 1.77. The third-order valence-corrected chi connectivity index (χ3v) is 2.95. The molecule has 0 radical (unpaired) electrons. The Kier molecular flexibility index (Phi) is 4.13. The first kappa shape index (κ1) is 14.0. The van der Waals surface area contributed by atoms with E-state index in [2.05, 4.69) is 15.9 Å². The molecule has 0 saturated heterocycles. The summed E-state index contributed by atoms with van der Waals surface area (Å²) in [5.41, 5.74) is 0.538. The largest absolute Gasteiger partial charge is 0.383 e. The van der Waals surface area contributed by atoms with Gasteiger partial charge < -0.3 is 5.32 Å². The highest BCUT2D eigenvalue weighted by atomic mass is 79.9. The van der Waals surface area contributed by atoms with Gasteiger partial charge in [-0.05, 0) is 24.6 Å².